The van der Waals surface area contributed by atoms with Crippen LogP contribution in [0.15, 0.2) is 41.3 Å². The van der Waals surface area contributed by atoms with Gasteiger partial charge in [-0.15, -0.1) is 5.10 Å². The van der Waals surface area contributed by atoms with Gasteiger partial charge in [0.25, 0.3) is 0 Å². The van der Waals surface area contributed by atoms with Crippen molar-refractivity contribution in [2.45, 2.75) is 6.61 Å². The lowest BCUT2D eigenvalue weighted by Crippen LogP contribution is -2.00. The van der Waals surface area contributed by atoms with Gasteiger partial charge < -0.3 is 9.47 Å². The van der Waals surface area contributed by atoms with Gasteiger partial charge >= 0.3 is 6.01 Å². The Morgan fingerprint density at radius 1 is 1.26 bits per heavy atom. The molecule has 0 saturated carbocycles. The zero-order valence-electron chi connectivity index (χ0n) is 12.0. The molecule has 2 aromatic heterocycles. The molecular weight excluding hydrogens is 369 g/mol. The van der Waals surface area contributed by atoms with Gasteiger partial charge in [-0.25, -0.2) is 9.07 Å². The van der Waals surface area contributed by atoms with E-state index in [-0.39, 0.29) is 18.4 Å². The maximum Gasteiger partial charge on any atom is 0.316 e. The maximum atomic E-state index is 13.2. The van der Waals surface area contributed by atoms with Crippen LogP contribution >= 0.6 is 15.9 Å². The minimum Gasteiger partial charge on any atom is -0.494 e. The smallest absolute Gasteiger partial charge is 0.316 e. The van der Waals surface area contributed by atoms with Crippen molar-refractivity contribution >= 4 is 15.9 Å². The highest BCUT2D eigenvalue weighted by atomic mass is 79.9. The van der Waals surface area contributed by atoms with Crippen LogP contribution in [0.4, 0.5) is 4.39 Å². The standard InChI is InChI=1S/C14H11BrFN5O2/c1-22-11-5-17-14(18-6-11)23-8-9-7-21(20-19-9)10-2-3-13(16)12(15)4-10/h2-7H,8H2,1H3. The SMILES string of the molecule is COc1cnc(OCc2cn(-c3ccc(F)c(Br)c3)nn2)nc1. The highest BCUT2D eigenvalue weighted by Crippen LogP contribution is 2.19. The first-order valence-corrected chi connectivity index (χ1v) is 7.30. The molecule has 0 aliphatic heterocycles. The molecule has 0 spiro atoms. The number of rotatable bonds is 5. The fraction of sp³-hybridized carbons (Fsp3) is 0.143. The van der Waals surface area contributed by atoms with Crippen molar-refractivity contribution in [3.63, 3.8) is 0 Å². The van der Waals surface area contributed by atoms with Crippen LogP contribution in [0.1, 0.15) is 5.69 Å². The van der Waals surface area contributed by atoms with Gasteiger partial charge in [-0.1, -0.05) is 5.21 Å². The summed E-state index contributed by atoms with van der Waals surface area (Å²) in [6, 6.07) is 4.78. The van der Waals surface area contributed by atoms with Gasteiger partial charge in [0, 0.05) is 0 Å². The first-order valence-electron chi connectivity index (χ1n) is 6.51. The van der Waals surface area contributed by atoms with E-state index in [1.165, 1.54) is 30.3 Å². The summed E-state index contributed by atoms with van der Waals surface area (Å²) < 4.78 is 25.5. The Labute approximate surface area is 139 Å². The van der Waals surface area contributed by atoms with Crippen LogP contribution in [0.5, 0.6) is 11.8 Å². The zero-order chi connectivity index (χ0) is 16.2. The van der Waals surface area contributed by atoms with E-state index in [0.29, 0.717) is 21.6 Å². The average Bonchev–Trinajstić information content (AvgIpc) is 3.05. The van der Waals surface area contributed by atoms with Gasteiger partial charge in [-0.2, -0.15) is 9.97 Å². The topological polar surface area (TPSA) is 75.0 Å². The Morgan fingerprint density at radius 3 is 2.74 bits per heavy atom. The van der Waals surface area contributed by atoms with Crippen molar-refractivity contribution < 1.29 is 13.9 Å². The Bertz CT molecular complexity index is 809. The molecule has 0 saturated heterocycles. The largest absolute Gasteiger partial charge is 0.494 e. The van der Waals surface area contributed by atoms with Gasteiger partial charge in [-0.05, 0) is 34.1 Å². The number of nitrogens with zero attached hydrogens (tertiary/aromatic N) is 5. The second kappa shape index (κ2) is 6.69. The number of halogens is 2. The number of hydrogen-bond acceptors (Lipinski definition) is 6. The van der Waals surface area contributed by atoms with Gasteiger partial charge in [0.1, 0.15) is 18.1 Å². The summed E-state index contributed by atoms with van der Waals surface area (Å²) in [4.78, 5) is 7.98. The van der Waals surface area contributed by atoms with Crippen molar-refractivity contribution in [3.05, 3.63) is 52.8 Å². The van der Waals surface area contributed by atoms with Crippen molar-refractivity contribution in [1.82, 2.24) is 25.0 Å². The minimum atomic E-state index is -0.339. The molecule has 0 unspecified atom stereocenters. The lowest BCUT2D eigenvalue weighted by atomic mass is 10.3. The van der Waals surface area contributed by atoms with Crippen LogP contribution in [0, 0.1) is 5.82 Å². The van der Waals surface area contributed by atoms with Crippen LogP contribution in [0.25, 0.3) is 5.69 Å². The molecule has 23 heavy (non-hydrogen) atoms. The molecule has 3 rings (SSSR count). The van der Waals surface area contributed by atoms with E-state index in [1.807, 2.05) is 0 Å². The predicted octanol–water partition coefficient (Wildman–Crippen LogP) is 2.55. The maximum absolute atomic E-state index is 13.2. The summed E-state index contributed by atoms with van der Waals surface area (Å²) in [5.41, 5.74) is 1.27. The molecule has 0 N–H and O–H groups in total. The molecule has 0 fully saturated rings. The molecule has 0 atom stereocenters. The van der Waals surface area contributed by atoms with E-state index >= 15 is 0 Å². The summed E-state index contributed by atoms with van der Waals surface area (Å²) in [6.45, 7) is 0.161. The van der Waals surface area contributed by atoms with Crippen LogP contribution in [0.2, 0.25) is 0 Å². The molecule has 0 amide bonds. The molecule has 3 aromatic rings. The second-order valence-corrected chi connectivity index (χ2v) is 5.30. The van der Waals surface area contributed by atoms with E-state index in [4.69, 9.17) is 9.47 Å². The number of methoxy groups -OCH3 is 1. The summed E-state index contributed by atoms with van der Waals surface area (Å²) >= 11 is 3.14. The summed E-state index contributed by atoms with van der Waals surface area (Å²) in [7, 11) is 1.53. The third kappa shape index (κ3) is 3.62. The van der Waals surface area contributed by atoms with E-state index in [9.17, 15) is 4.39 Å². The molecule has 118 valence electrons. The Kier molecular flexibility index (Phi) is 4.47. The quantitative estimate of drug-likeness (QED) is 0.677. The van der Waals surface area contributed by atoms with Crippen LogP contribution in [-0.2, 0) is 6.61 Å². The fourth-order valence-electron chi connectivity index (χ4n) is 1.74. The van der Waals surface area contributed by atoms with Crippen molar-refractivity contribution in [3.8, 4) is 17.4 Å². The number of aromatic nitrogens is 5. The highest BCUT2D eigenvalue weighted by molar-refractivity contribution is 9.10. The van der Waals surface area contributed by atoms with Crippen molar-refractivity contribution in [2.24, 2.45) is 0 Å². The molecule has 0 radical (unpaired) electrons. The van der Waals surface area contributed by atoms with Gasteiger partial charge in [0.2, 0.25) is 0 Å². The summed E-state index contributed by atoms with van der Waals surface area (Å²) in [6.07, 6.45) is 4.70. The summed E-state index contributed by atoms with van der Waals surface area (Å²) in [5.74, 6) is 0.208. The van der Waals surface area contributed by atoms with E-state index in [0.717, 1.165) is 0 Å². The first kappa shape index (κ1) is 15.3. The lowest BCUT2D eigenvalue weighted by Gasteiger charge is -2.02. The van der Waals surface area contributed by atoms with Crippen LogP contribution in [0.3, 0.4) is 0 Å². The monoisotopic (exact) mass is 379 g/mol. The third-order valence-electron chi connectivity index (χ3n) is 2.90. The van der Waals surface area contributed by atoms with Crippen molar-refractivity contribution in [1.29, 1.82) is 0 Å². The van der Waals surface area contributed by atoms with Gasteiger partial charge in [0.15, 0.2) is 5.75 Å². The fourth-order valence-corrected chi connectivity index (χ4v) is 2.11. The van der Waals surface area contributed by atoms with Gasteiger partial charge in [0.05, 0.1) is 35.9 Å². The van der Waals surface area contributed by atoms with Crippen LogP contribution in [-0.4, -0.2) is 32.1 Å². The molecule has 9 heteroatoms. The molecule has 0 bridgehead atoms. The molecule has 0 aliphatic carbocycles. The van der Waals surface area contributed by atoms with E-state index in [2.05, 4.69) is 36.2 Å². The molecule has 0 aliphatic rings. The summed E-state index contributed by atoms with van der Waals surface area (Å²) in [5, 5.41) is 7.97. The number of ether oxygens (including phenoxy) is 2. The molecule has 1 aromatic carbocycles. The number of benzene rings is 1. The van der Waals surface area contributed by atoms with Crippen molar-refractivity contribution in [2.75, 3.05) is 7.11 Å². The molecule has 7 nitrogen and oxygen atoms in total. The normalized spacial score (nSPS) is 10.6. The third-order valence-corrected chi connectivity index (χ3v) is 3.51. The van der Waals surface area contributed by atoms with Crippen LogP contribution < -0.4 is 9.47 Å². The van der Waals surface area contributed by atoms with E-state index in [1.54, 1.807) is 18.3 Å². The Morgan fingerprint density at radius 2 is 2.04 bits per heavy atom. The highest BCUT2D eigenvalue weighted by Gasteiger charge is 2.07. The minimum absolute atomic E-state index is 0.161. The molecule has 2 heterocycles. The number of hydrogen-bond donors (Lipinski definition) is 0. The van der Waals surface area contributed by atoms with Gasteiger partial charge in [-0.3, -0.25) is 0 Å². The Hall–Kier alpha value is -2.55. The van der Waals surface area contributed by atoms with E-state index < -0.39 is 0 Å². The average molecular weight is 380 g/mol. The molecular formula is C14H11BrFN5O2. The first-order chi connectivity index (χ1) is 11.2. The predicted molar refractivity (Wildman–Crippen MR) is 81.9 cm³/mol. The second-order valence-electron chi connectivity index (χ2n) is 4.45. The lowest BCUT2D eigenvalue weighted by molar-refractivity contribution is 0.274. The zero-order valence-corrected chi connectivity index (χ0v) is 13.6. The Balaban J connectivity index is 1.67.